The number of ether oxygens (including phenoxy) is 1. The number of hydrogen-bond acceptors (Lipinski definition) is 3. The van der Waals surface area contributed by atoms with Gasteiger partial charge in [-0.25, -0.2) is 9.18 Å². The van der Waals surface area contributed by atoms with E-state index in [1.54, 1.807) is 27.7 Å². The molecule has 0 spiro atoms. The monoisotopic (exact) mass is 245 g/mol. The third-order valence-electron chi connectivity index (χ3n) is 2.76. The maximum absolute atomic E-state index is 14.1. The average molecular weight is 245 g/mol. The fourth-order valence-corrected chi connectivity index (χ4v) is 1.72. The minimum absolute atomic E-state index is 0.0591. The van der Waals surface area contributed by atoms with E-state index in [-0.39, 0.29) is 25.9 Å². The van der Waals surface area contributed by atoms with E-state index in [1.807, 2.05) is 0 Å². The number of amides is 1. The van der Waals surface area contributed by atoms with E-state index >= 15 is 0 Å². The highest BCUT2D eigenvalue weighted by atomic mass is 19.1. The standard InChI is InChI=1S/C12H20FNO3/c1-5-12(13)8-14(7-6-9(12)15)10(16)17-11(2,3)4/h5-8H2,1-4H3. The normalized spacial score (nSPS) is 25.9. The van der Waals surface area contributed by atoms with Gasteiger partial charge in [-0.3, -0.25) is 4.79 Å². The smallest absolute Gasteiger partial charge is 0.410 e. The fourth-order valence-electron chi connectivity index (χ4n) is 1.72. The number of nitrogens with zero attached hydrogens (tertiary/aromatic N) is 1. The molecule has 1 fully saturated rings. The van der Waals surface area contributed by atoms with Gasteiger partial charge in [-0.15, -0.1) is 0 Å². The van der Waals surface area contributed by atoms with Gasteiger partial charge in [0, 0.05) is 13.0 Å². The van der Waals surface area contributed by atoms with Crippen LogP contribution in [0.3, 0.4) is 0 Å². The Kier molecular flexibility index (Phi) is 3.79. The Morgan fingerprint density at radius 1 is 1.53 bits per heavy atom. The maximum atomic E-state index is 14.1. The van der Waals surface area contributed by atoms with Crippen molar-refractivity contribution in [2.24, 2.45) is 0 Å². The molecule has 1 unspecified atom stereocenters. The van der Waals surface area contributed by atoms with Crippen LogP contribution in [-0.2, 0) is 9.53 Å². The van der Waals surface area contributed by atoms with Crippen LogP contribution >= 0.6 is 0 Å². The highest BCUT2D eigenvalue weighted by Gasteiger charge is 2.43. The third-order valence-corrected chi connectivity index (χ3v) is 2.76. The van der Waals surface area contributed by atoms with Crippen molar-refractivity contribution >= 4 is 11.9 Å². The Morgan fingerprint density at radius 2 is 2.12 bits per heavy atom. The first kappa shape index (κ1) is 13.9. The van der Waals surface area contributed by atoms with Gasteiger partial charge in [-0.2, -0.15) is 0 Å². The van der Waals surface area contributed by atoms with Crippen molar-refractivity contribution in [3.63, 3.8) is 0 Å². The van der Waals surface area contributed by atoms with Crippen LogP contribution in [0.5, 0.6) is 0 Å². The molecule has 1 rings (SSSR count). The number of Topliss-reactive ketones (excluding diaryl/α,β-unsaturated/α-hetero) is 1. The first-order valence-corrected chi connectivity index (χ1v) is 5.88. The van der Waals surface area contributed by atoms with Crippen LogP contribution in [0.15, 0.2) is 0 Å². The van der Waals surface area contributed by atoms with Crippen molar-refractivity contribution in [2.45, 2.75) is 51.8 Å². The van der Waals surface area contributed by atoms with Crippen LogP contribution in [0.2, 0.25) is 0 Å². The lowest BCUT2D eigenvalue weighted by Gasteiger charge is -2.36. The molecule has 1 saturated heterocycles. The lowest BCUT2D eigenvalue weighted by molar-refractivity contribution is -0.135. The zero-order valence-corrected chi connectivity index (χ0v) is 10.9. The van der Waals surface area contributed by atoms with Crippen LogP contribution in [0, 0.1) is 0 Å². The molecule has 17 heavy (non-hydrogen) atoms. The van der Waals surface area contributed by atoms with E-state index in [1.165, 1.54) is 4.90 Å². The van der Waals surface area contributed by atoms with Crippen LogP contribution < -0.4 is 0 Å². The Morgan fingerprint density at radius 3 is 2.59 bits per heavy atom. The van der Waals surface area contributed by atoms with Crippen molar-refractivity contribution in [2.75, 3.05) is 13.1 Å². The first-order valence-electron chi connectivity index (χ1n) is 5.88. The summed E-state index contributed by atoms with van der Waals surface area (Å²) < 4.78 is 19.3. The number of rotatable bonds is 1. The number of hydrogen-bond donors (Lipinski definition) is 0. The molecule has 1 aliphatic rings. The van der Waals surface area contributed by atoms with Crippen LogP contribution in [0.1, 0.15) is 40.5 Å². The molecule has 0 aromatic carbocycles. The predicted octanol–water partition coefficient (Wildman–Crippen LogP) is 2.31. The second-order valence-corrected chi connectivity index (χ2v) is 5.39. The molecule has 0 saturated carbocycles. The Labute approximate surface area is 101 Å². The van der Waals surface area contributed by atoms with E-state index < -0.39 is 23.1 Å². The number of carbonyl (C=O) groups is 2. The Balaban J connectivity index is 2.69. The molecule has 5 heteroatoms. The Hall–Kier alpha value is -1.13. The number of halogens is 1. The van der Waals surface area contributed by atoms with Gasteiger partial charge in [0.1, 0.15) is 5.60 Å². The van der Waals surface area contributed by atoms with Gasteiger partial charge in [0.2, 0.25) is 0 Å². The summed E-state index contributed by atoms with van der Waals surface area (Å²) in [5, 5.41) is 0. The molecule has 0 aromatic heterocycles. The predicted molar refractivity (Wildman–Crippen MR) is 61.6 cm³/mol. The molecule has 1 heterocycles. The third kappa shape index (κ3) is 3.41. The summed E-state index contributed by atoms with van der Waals surface area (Å²) >= 11 is 0. The second kappa shape index (κ2) is 4.63. The van der Waals surface area contributed by atoms with Gasteiger partial charge in [-0.1, -0.05) is 6.92 Å². The van der Waals surface area contributed by atoms with E-state index in [2.05, 4.69) is 0 Å². The van der Waals surface area contributed by atoms with Crippen LogP contribution in [0.25, 0.3) is 0 Å². The SMILES string of the molecule is CCC1(F)CN(C(=O)OC(C)(C)C)CCC1=O. The number of likely N-dealkylation sites (tertiary alicyclic amines) is 1. The topological polar surface area (TPSA) is 46.6 Å². The summed E-state index contributed by atoms with van der Waals surface area (Å²) in [5.74, 6) is -0.417. The minimum Gasteiger partial charge on any atom is -0.444 e. The summed E-state index contributed by atoms with van der Waals surface area (Å²) in [6.45, 7) is 6.90. The summed E-state index contributed by atoms with van der Waals surface area (Å²) in [7, 11) is 0. The second-order valence-electron chi connectivity index (χ2n) is 5.39. The van der Waals surface area contributed by atoms with Gasteiger partial charge >= 0.3 is 6.09 Å². The van der Waals surface area contributed by atoms with E-state index in [0.717, 1.165) is 0 Å². The number of alkyl halides is 1. The van der Waals surface area contributed by atoms with Crippen molar-refractivity contribution in [3.05, 3.63) is 0 Å². The number of piperidine rings is 1. The molecule has 0 radical (unpaired) electrons. The van der Waals surface area contributed by atoms with Gasteiger partial charge in [-0.05, 0) is 27.2 Å². The molecule has 1 amide bonds. The highest BCUT2D eigenvalue weighted by Crippen LogP contribution is 2.26. The number of carbonyl (C=O) groups excluding carboxylic acids is 2. The molecule has 98 valence electrons. The summed E-state index contributed by atoms with van der Waals surface area (Å²) in [6, 6.07) is 0. The largest absolute Gasteiger partial charge is 0.444 e. The fraction of sp³-hybridized carbons (Fsp3) is 0.833. The molecular formula is C12H20FNO3. The van der Waals surface area contributed by atoms with Crippen molar-refractivity contribution in [3.8, 4) is 0 Å². The summed E-state index contributed by atoms with van der Waals surface area (Å²) in [4.78, 5) is 24.5. The lowest BCUT2D eigenvalue weighted by atomic mass is 9.91. The maximum Gasteiger partial charge on any atom is 0.410 e. The molecule has 4 nitrogen and oxygen atoms in total. The van der Waals surface area contributed by atoms with Gasteiger partial charge in [0.25, 0.3) is 0 Å². The van der Waals surface area contributed by atoms with Crippen LogP contribution in [-0.4, -0.2) is 41.1 Å². The van der Waals surface area contributed by atoms with Crippen molar-refractivity contribution in [1.82, 2.24) is 4.90 Å². The Bertz CT molecular complexity index is 324. The highest BCUT2D eigenvalue weighted by molar-refractivity contribution is 5.89. The zero-order valence-electron chi connectivity index (χ0n) is 10.9. The molecule has 0 N–H and O–H groups in total. The zero-order chi connectivity index (χ0) is 13.3. The van der Waals surface area contributed by atoms with E-state index in [9.17, 15) is 14.0 Å². The molecule has 0 aromatic rings. The van der Waals surface area contributed by atoms with Gasteiger partial charge in [0.05, 0.1) is 6.54 Å². The van der Waals surface area contributed by atoms with E-state index in [0.29, 0.717) is 0 Å². The molecule has 1 atom stereocenters. The number of ketones is 1. The average Bonchev–Trinajstić information content (AvgIpc) is 2.19. The first-order chi connectivity index (χ1) is 7.68. The molecule has 0 aliphatic carbocycles. The lowest BCUT2D eigenvalue weighted by Crippen LogP contribution is -2.54. The van der Waals surface area contributed by atoms with Crippen molar-refractivity contribution < 1.29 is 18.7 Å². The minimum atomic E-state index is -1.91. The van der Waals surface area contributed by atoms with Crippen molar-refractivity contribution in [1.29, 1.82) is 0 Å². The summed E-state index contributed by atoms with van der Waals surface area (Å²) in [5.41, 5.74) is -2.51. The van der Waals surface area contributed by atoms with Gasteiger partial charge in [0.15, 0.2) is 11.5 Å². The summed E-state index contributed by atoms with van der Waals surface area (Å²) in [6.07, 6.45) is -0.408. The quantitative estimate of drug-likeness (QED) is 0.712. The molecule has 1 aliphatic heterocycles. The van der Waals surface area contributed by atoms with Crippen LogP contribution in [0.4, 0.5) is 9.18 Å². The van der Waals surface area contributed by atoms with E-state index in [4.69, 9.17) is 4.74 Å². The van der Waals surface area contributed by atoms with Gasteiger partial charge < -0.3 is 9.64 Å². The molecular weight excluding hydrogens is 225 g/mol. The molecule has 0 bridgehead atoms.